The van der Waals surface area contributed by atoms with Crippen molar-refractivity contribution in [2.24, 2.45) is 16.2 Å². The van der Waals surface area contributed by atoms with Gasteiger partial charge in [-0.3, -0.25) is 24.4 Å². The highest BCUT2D eigenvalue weighted by Gasteiger charge is 2.66. The van der Waals surface area contributed by atoms with Crippen molar-refractivity contribution in [3.05, 3.63) is 125 Å². The first-order valence-corrected chi connectivity index (χ1v) is 34.6. The molecule has 3 aromatic heterocycles. The number of nitrogens with zero attached hydrogens (tertiary/aromatic N) is 6. The van der Waals surface area contributed by atoms with Gasteiger partial charge in [0.25, 0.3) is 5.91 Å². The molecule has 4 aliphatic carbocycles. The van der Waals surface area contributed by atoms with Crippen molar-refractivity contribution < 1.29 is 81.7 Å². The van der Waals surface area contributed by atoms with Gasteiger partial charge in [-0.05, 0) is 140 Å². The Morgan fingerprint density at radius 1 is 0.854 bits per heavy atom. The van der Waals surface area contributed by atoms with Gasteiger partial charge in [0, 0.05) is 80.4 Å². The molecule has 512 valence electrons. The van der Waals surface area contributed by atoms with Gasteiger partial charge in [-0.1, -0.05) is 68.5 Å². The summed E-state index contributed by atoms with van der Waals surface area (Å²) in [5.74, 6) is -3.79. The lowest BCUT2D eigenvalue weighted by Gasteiger charge is -2.69. The zero-order chi connectivity index (χ0) is 68.5. The molecule has 26 nitrogen and oxygen atoms in total. The number of hydrogen-bond donors (Lipinski definition) is 8. The highest BCUT2D eigenvalue weighted by molar-refractivity contribution is 7.94. The van der Waals surface area contributed by atoms with E-state index >= 15 is 0 Å². The van der Waals surface area contributed by atoms with E-state index in [1.807, 2.05) is 59.0 Å². The van der Waals surface area contributed by atoms with Crippen molar-refractivity contribution in [3.8, 4) is 16.9 Å². The zero-order valence-electron chi connectivity index (χ0n) is 54.0. The van der Waals surface area contributed by atoms with Crippen molar-refractivity contribution in [3.63, 3.8) is 0 Å². The quantitative estimate of drug-likeness (QED) is 0.0230. The van der Waals surface area contributed by atoms with Crippen LogP contribution in [0.25, 0.3) is 21.3 Å². The number of carbonyl (C=O) groups excluding carboxylic acids is 4. The van der Waals surface area contributed by atoms with Crippen molar-refractivity contribution in [1.82, 2.24) is 30.0 Å². The van der Waals surface area contributed by atoms with Crippen LogP contribution in [0.15, 0.2) is 91.0 Å². The van der Waals surface area contributed by atoms with E-state index in [1.54, 1.807) is 25.4 Å². The van der Waals surface area contributed by atoms with Gasteiger partial charge in [0.15, 0.2) is 26.8 Å². The van der Waals surface area contributed by atoms with E-state index in [0.29, 0.717) is 78.5 Å². The Morgan fingerprint density at radius 2 is 1.62 bits per heavy atom. The Bertz CT molecular complexity index is 4050. The van der Waals surface area contributed by atoms with Crippen LogP contribution in [0.4, 0.5) is 21.4 Å². The number of aromatic nitrogens is 4. The number of nitrogens with one attached hydrogen (secondary N) is 3. The number of amides is 4. The van der Waals surface area contributed by atoms with Crippen LogP contribution in [0.2, 0.25) is 0 Å². The number of likely N-dealkylation sites (N-methyl/N-ethyl adjacent to an activating group) is 1. The summed E-state index contributed by atoms with van der Waals surface area (Å²) in [5, 5.41) is 66.4. The first-order valence-electron chi connectivity index (χ1n) is 32.1. The maximum absolute atomic E-state index is 13.8. The number of rotatable bonds is 27. The molecule has 8 N–H and O–H groups in total. The number of aromatic carboxylic acids is 1. The summed E-state index contributed by atoms with van der Waals surface area (Å²) in [4.78, 5) is 91.1. The summed E-state index contributed by atoms with van der Waals surface area (Å²) in [5.41, 5.74) is 4.55. The molecule has 6 aromatic rings. The number of carboxylic acid groups (broad SMARTS) is 2. The molecule has 96 heavy (non-hydrogen) atoms. The van der Waals surface area contributed by atoms with Crippen LogP contribution in [0.3, 0.4) is 0 Å². The minimum absolute atomic E-state index is 0.0314. The van der Waals surface area contributed by atoms with Crippen LogP contribution in [-0.4, -0.2) is 170 Å². The topological polar surface area (TPSA) is 361 Å². The first-order chi connectivity index (χ1) is 45.6. The Kier molecular flexibility index (Phi) is 20.1. The van der Waals surface area contributed by atoms with E-state index in [0.717, 1.165) is 71.0 Å². The molecule has 12 rings (SSSR count). The number of aliphatic hydroxyl groups excluding tert-OH is 3. The van der Waals surface area contributed by atoms with Crippen molar-refractivity contribution in [2.75, 3.05) is 54.6 Å². The number of fused-ring (bicyclic) bond motifs is 2. The van der Waals surface area contributed by atoms with Crippen LogP contribution < -0.4 is 25.6 Å². The van der Waals surface area contributed by atoms with Crippen LogP contribution in [0, 0.1) is 23.2 Å². The molecule has 6 aliphatic rings. The van der Waals surface area contributed by atoms with E-state index in [1.165, 1.54) is 34.4 Å². The number of anilines is 3. The molecule has 0 spiro atoms. The smallest absolute Gasteiger partial charge is 0.409 e. The van der Waals surface area contributed by atoms with Gasteiger partial charge in [0.05, 0.1) is 40.1 Å². The molecule has 2 aliphatic heterocycles. The second-order valence-electron chi connectivity index (χ2n) is 27.1. The average molecular weight is 1360 g/mol. The van der Waals surface area contributed by atoms with E-state index in [-0.39, 0.29) is 90.1 Å². The van der Waals surface area contributed by atoms with E-state index in [2.05, 4.69) is 41.4 Å². The molecule has 1 saturated heterocycles. The maximum atomic E-state index is 13.8. The molecule has 4 saturated carbocycles. The second-order valence-corrected chi connectivity index (χ2v) is 30.2. The maximum Gasteiger partial charge on any atom is 0.409 e. The van der Waals surface area contributed by atoms with E-state index in [4.69, 9.17) is 29.0 Å². The molecule has 7 atom stereocenters. The highest BCUT2D eigenvalue weighted by atomic mass is 32.2. The molecule has 2 unspecified atom stereocenters. The van der Waals surface area contributed by atoms with Crippen molar-refractivity contribution in [2.45, 2.75) is 154 Å². The molecule has 4 amide bonds. The molecular formula is C68H81N9O17S2. The number of ether oxygens (including phenoxy) is 4. The van der Waals surface area contributed by atoms with E-state index < -0.39 is 70.1 Å². The Hall–Kier alpha value is -8.38. The first kappa shape index (κ1) is 69.0. The van der Waals surface area contributed by atoms with Gasteiger partial charge in [-0.25, -0.2) is 32.8 Å². The minimum atomic E-state index is -3.35. The van der Waals surface area contributed by atoms with Gasteiger partial charge in [0.1, 0.15) is 36.5 Å². The third kappa shape index (κ3) is 15.4. The van der Waals surface area contributed by atoms with Gasteiger partial charge < -0.3 is 64.9 Å². The van der Waals surface area contributed by atoms with E-state index in [9.17, 15) is 62.7 Å². The number of sulfone groups is 1. The summed E-state index contributed by atoms with van der Waals surface area (Å²) >= 11 is 1.40. The normalized spacial score (nSPS) is 25.0. The van der Waals surface area contributed by atoms with Gasteiger partial charge in [0.2, 0.25) is 18.1 Å². The summed E-state index contributed by atoms with van der Waals surface area (Å²) < 4.78 is 50.2. The van der Waals surface area contributed by atoms with Crippen LogP contribution in [-0.2, 0) is 64.5 Å². The summed E-state index contributed by atoms with van der Waals surface area (Å²) in [6, 6.07) is 21.3. The fourth-order valence-corrected chi connectivity index (χ4v) is 17.4. The molecule has 3 aromatic carbocycles. The van der Waals surface area contributed by atoms with Gasteiger partial charge in [-0.2, -0.15) is 5.10 Å². The number of aliphatic carboxylic acids is 1. The van der Waals surface area contributed by atoms with Crippen molar-refractivity contribution in [1.29, 1.82) is 0 Å². The standard InChI is InChI=1S/C68H81N9O17S2/c1-6-96(89,90)28-11-7-8-17-52(78)69-24-22-53(79)71-48-29-41(18-20-49(48)93-62-57(82)55(80)56(81)58(94-62)61(86)87)32-91-64(88)75(5)26-27-92-68-36-65(3)33-66(4,37-68)35-67(34-65,38-68)39-77-40(2)45(30-70-77)43-19-21-51(73-54(43)60(84)85)76-25-23-42-13-12-14-44(46(42)31-76)59(83)74-63-72-47-15-9-10-16-50(47)95-63/h6,9-10,12-16,18-21,29-30,55-58,62,80-82H,1,7-8,11,17,22-28,31-39H2,2-5H3,(H,69,78)(H,71,79)(H,84,85)(H,86,87)(H,72,74,83)/t55-,56+,57-,58-,62+,65?,66?,67?,68?/m0/s1. The predicted octanol–water partition coefficient (Wildman–Crippen LogP) is 7.62. The largest absolute Gasteiger partial charge is 0.479 e. The summed E-state index contributed by atoms with van der Waals surface area (Å²) in [6.07, 6.45) is -1.50. The van der Waals surface area contributed by atoms with Crippen LogP contribution >= 0.6 is 11.3 Å². The average Bonchev–Trinajstić information content (AvgIpc) is 0.732. The molecule has 28 heteroatoms. The number of aliphatic hydroxyl groups is 3. The lowest BCUT2D eigenvalue weighted by Crippen LogP contribution is -2.64. The van der Waals surface area contributed by atoms with Crippen molar-refractivity contribution >= 4 is 83.8 Å². The Labute approximate surface area is 558 Å². The number of carboxylic acids is 2. The molecule has 5 heterocycles. The fraction of sp³-hybridized carbons (Fsp3) is 0.485. The number of para-hydroxylation sites is 1. The Morgan fingerprint density at radius 3 is 2.36 bits per heavy atom. The number of hydrogen-bond acceptors (Lipinski definition) is 20. The molecular weight excluding hydrogens is 1280 g/mol. The lowest BCUT2D eigenvalue weighted by molar-refractivity contribution is -0.271. The Balaban J connectivity index is 0.712. The predicted molar refractivity (Wildman–Crippen MR) is 354 cm³/mol. The summed E-state index contributed by atoms with van der Waals surface area (Å²) in [7, 11) is -1.76. The third-order valence-corrected chi connectivity index (χ3v) is 21.4. The number of thiazole rings is 1. The molecule has 5 fully saturated rings. The number of pyridine rings is 1. The number of benzene rings is 3. The fourth-order valence-electron chi connectivity index (χ4n) is 15.8. The second kappa shape index (κ2) is 28.0. The van der Waals surface area contributed by atoms with Gasteiger partial charge in [-0.15, -0.1) is 0 Å². The summed E-state index contributed by atoms with van der Waals surface area (Å²) in [6.45, 7) is 11.4. The SMILES string of the molecule is C=CS(=O)(=O)CCCCCC(=O)NCCC(=O)Nc1cc(COC(=O)N(C)CCOC23CC4(C)CC(C)(CC(Cn5ncc(-c6ccc(N7CCc8cccc(C(=O)Nc9nc%10ccccc%10s9)c8C7)nc6C(=O)O)c5C)(C4)C2)C3)ccc1O[C@@H]1O[C@H](C(=O)O)[C@H](O)[C@H](O)[C@@H]1O. The third-order valence-electron chi connectivity index (χ3n) is 19.1. The number of carbonyl (C=O) groups is 6. The molecule has 4 bridgehead atoms. The monoisotopic (exact) mass is 1360 g/mol. The zero-order valence-corrected chi connectivity index (χ0v) is 55.6. The highest BCUT2D eigenvalue weighted by Crippen LogP contribution is 2.72. The van der Waals surface area contributed by atoms with Crippen LogP contribution in [0.1, 0.15) is 128 Å². The lowest BCUT2D eigenvalue weighted by atomic mass is 9.39. The van der Waals surface area contributed by atoms with Crippen LogP contribution in [0.5, 0.6) is 5.75 Å². The minimum Gasteiger partial charge on any atom is -0.479 e. The number of unbranched alkanes of at least 4 members (excludes halogenated alkanes) is 2. The van der Waals surface area contributed by atoms with Gasteiger partial charge >= 0.3 is 18.0 Å². The molecule has 0 radical (unpaired) electrons.